The van der Waals surface area contributed by atoms with E-state index in [9.17, 15) is 23.3 Å². The average Bonchev–Trinajstić information content (AvgIpc) is 3.10. The summed E-state index contributed by atoms with van der Waals surface area (Å²) in [6.07, 6.45) is 0. The first-order valence-electron chi connectivity index (χ1n) is 8.52. The molecule has 2 heterocycles. The Hall–Kier alpha value is -3.14. The van der Waals surface area contributed by atoms with Gasteiger partial charge >= 0.3 is 6.03 Å². The zero-order chi connectivity index (χ0) is 20.1. The number of ether oxygens (including phenoxy) is 1. The van der Waals surface area contributed by atoms with E-state index in [1.165, 1.54) is 41.2 Å². The van der Waals surface area contributed by atoms with E-state index in [0.717, 1.165) is 0 Å². The first-order valence-corrected chi connectivity index (χ1v) is 10.3. The Morgan fingerprint density at radius 2 is 1.64 bits per heavy atom. The van der Waals surface area contributed by atoms with Crippen LogP contribution in [0.1, 0.15) is 0 Å². The number of rotatable bonds is 4. The monoisotopic (exact) mass is 403 g/mol. The van der Waals surface area contributed by atoms with Crippen LogP contribution in [0.3, 0.4) is 0 Å². The number of nitro benzene ring substituents is 1. The maximum atomic E-state index is 13.2. The van der Waals surface area contributed by atoms with Gasteiger partial charge in [-0.3, -0.25) is 19.9 Å². The lowest BCUT2D eigenvalue weighted by Gasteiger charge is -2.23. The Morgan fingerprint density at radius 3 is 2.21 bits per heavy atom. The Morgan fingerprint density at radius 1 is 1.04 bits per heavy atom. The van der Waals surface area contributed by atoms with E-state index < -0.39 is 26.8 Å². The molecule has 28 heavy (non-hydrogen) atoms. The molecular formula is C18H17N3O6S. The largest absolute Gasteiger partial charge is 0.497 e. The van der Waals surface area contributed by atoms with E-state index in [0.29, 0.717) is 17.1 Å². The van der Waals surface area contributed by atoms with Crippen molar-refractivity contribution in [2.24, 2.45) is 0 Å². The topological polar surface area (TPSA) is 110 Å². The summed E-state index contributed by atoms with van der Waals surface area (Å²) in [5, 5.41) is 10.9. The minimum atomic E-state index is -3.32. The molecule has 2 fully saturated rings. The highest BCUT2D eigenvalue weighted by atomic mass is 32.2. The summed E-state index contributed by atoms with van der Waals surface area (Å²) in [6.45, 7) is 0. The van der Waals surface area contributed by atoms with Crippen LogP contribution >= 0.6 is 0 Å². The third kappa shape index (κ3) is 2.95. The van der Waals surface area contributed by atoms with Crippen molar-refractivity contribution < 1.29 is 22.9 Å². The Balaban J connectivity index is 1.77. The molecule has 0 aromatic heterocycles. The molecule has 2 amide bonds. The fourth-order valence-corrected chi connectivity index (χ4v) is 5.72. The van der Waals surface area contributed by atoms with Crippen molar-refractivity contribution in [2.45, 2.75) is 12.1 Å². The number of hydrogen-bond donors (Lipinski definition) is 0. The highest BCUT2D eigenvalue weighted by Gasteiger charge is 2.54. The number of sulfone groups is 1. The number of urea groups is 1. The molecule has 2 aliphatic heterocycles. The number of carbonyl (C=O) groups is 1. The Labute approximate surface area is 161 Å². The number of benzene rings is 2. The predicted molar refractivity (Wildman–Crippen MR) is 103 cm³/mol. The quantitative estimate of drug-likeness (QED) is 0.440. The SMILES string of the molecule is COc1cccc(N2C(=O)N(c3ccc([N+](=O)[O-])cc3)[C@H]3CS(=O)(=O)C[C@H]32)c1. The highest BCUT2D eigenvalue weighted by molar-refractivity contribution is 7.91. The number of hydrogen-bond acceptors (Lipinski definition) is 6. The fraction of sp³-hybridized carbons (Fsp3) is 0.278. The molecule has 0 N–H and O–H groups in total. The summed E-state index contributed by atoms with van der Waals surface area (Å²) in [6, 6.07) is 10.9. The van der Waals surface area contributed by atoms with Gasteiger partial charge in [0, 0.05) is 29.6 Å². The van der Waals surface area contributed by atoms with E-state index in [-0.39, 0.29) is 23.2 Å². The first kappa shape index (κ1) is 18.2. The van der Waals surface area contributed by atoms with Crippen molar-refractivity contribution in [3.8, 4) is 5.75 Å². The molecule has 2 atom stereocenters. The maximum Gasteiger partial charge on any atom is 0.329 e. The molecule has 9 nitrogen and oxygen atoms in total. The molecule has 0 unspecified atom stereocenters. The van der Waals surface area contributed by atoms with Crippen molar-refractivity contribution in [1.82, 2.24) is 0 Å². The summed E-state index contributed by atoms with van der Waals surface area (Å²) >= 11 is 0. The van der Waals surface area contributed by atoms with Crippen LogP contribution in [0.15, 0.2) is 48.5 Å². The minimum Gasteiger partial charge on any atom is -0.497 e. The molecule has 0 bridgehead atoms. The van der Waals surface area contributed by atoms with Crippen molar-refractivity contribution >= 4 is 32.9 Å². The number of amides is 2. The Bertz CT molecular complexity index is 1050. The number of non-ortho nitro benzene ring substituents is 1. The second-order valence-corrected chi connectivity index (χ2v) is 8.86. The van der Waals surface area contributed by atoms with Gasteiger partial charge in [0.15, 0.2) is 9.84 Å². The number of carbonyl (C=O) groups excluding carboxylic acids is 1. The zero-order valence-electron chi connectivity index (χ0n) is 14.9. The second kappa shape index (κ2) is 6.48. The average molecular weight is 403 g/mol. The summed E-state index contributed by atoms with van der Waals surface area (Å²) in [4.78, 5) is 26.5. The molecule has 0 spiro atoms. The first-order chi connectivity index (χ1) is 13.3. The third-order valence-electron chi connectivity index (χ3n) is 5.04. The van der Waals surface area contributed by atoms with Gasteiger partial charge in [0.2, 0.25) is 0 Å². The lowest BCUT2D eigenvalue weighted by Crippen LogP contribution is -2.37. The molecule has 4 rings (SSSR count). The van der Waals surface area contributed by atoms with Gasteiger partial charge in [0.05, 0.1) is 35.6 Å². The summed E-state index contributed by atoms with van der Waals surface area (Å²) < 4.78 is 29.8. The normalized spacial score (nSPS) is 23.0. The maximum absolute atomic E-state index is 13.2. The van der Waals surface area contributed by atoms with Crippen molar-refractivity contribution in [2.75, 3.05) is 28.4 Å². The van der Waals surface area contributed by atoms with Crippen LogP contribution in [-0.2, 0) is 9.84 Å². The molecule has 2 saturated heterocycles. The summed E-state index contributed by atoms with van der Waals surface area (Å²) in [5.74, 6) is 0.266. The number of anilines is 2. The number of methoxy groups -OCH3 is 1. The minimum absolute atomic E-state index is 0.101. The van der Waals surface area contributed by atoms with Gasteiger partial charge in [-0.25, -0.2) is 13.2 Å². The number of fused-ring (bicyclic) bond motifs is 1. The fourth-order valence-electron chi connectivity index (χ4n) is 3.80. The lowest BCUT2D eigenvalue weighted by molar-refractivity contribution is -0.384. The second-order valence-electron chi connectivity index (χ2n) is 6.71. The molecular weight excluding hydrogens is 386 g/mol. The summed E-state index contributed by atoms with van der Waals surface area (Å²) in [5.41, 5.74) is 0.865. The van der Waals surface area contributed by atoms with Crippen LogP contribution < -0.4 is 14.5 Å². The van der Waals surface area contributed by atoms with E-state index in [1.54, 1.807) is 24.3 Å². The van der Waals surface area contributed by atoms with Gasteiger partial charge in [0.25, 0.3) is 5.69 Å². The van der Waals surface area contributed by atoms with Crippen LogP contribution in [0.2, 0.25) is 0 Å². The van der Waals surface area contributed by atoms with Crippen molar-refractivity contribution in [3.05, 3.63) is 58.6 Å². The van der Waals surface area contributed by atoms with Crippen LogP contribution in [0.25, 0.3) is 0 Å². The van der Waals surface area contributed by atoms with Crippen molar-refractivity contribution in [3.63, 3.8) is 0 Å². The predicted octanol–water partition coefficient (Wildman–Crippen LogP) is 2.22. The van der Waals surface area contributed by atoms with Crippen LogP contribution in [0, 0.1) is 10.1 Å². The van der Waals surface area contributed by atoms with E-state index in [2.05, 4.69) is 0 Å². The third-order valence-corrected chi connectivity index (χ3v) is 6.74. The van der Waals surface area contributed by atoms with Crippen LogP contribution in [0.5, 0.6) is 5.75 Å². The van der Waals surface area contributed by atoms with Gasteiger partial charge < -0.3 is 4.74 Å². The van der Waals surface area contributed by atoms with Gasteiger partial charge in [0.1, 0.15) is 5.75 Å². The van der Waals surface area contributed by atoms with Gasteiger partial charge in [-0.1, -0.05) is 6.07 Å². The molecule has 0 aliphatic carbocycles. The lowest BCUT2D eigenvalue weighted by atomic mass is 10.1. The molecule has 0 radical (unpaired) electrons. The molecule has 2 aromatic rings. The van der Waals surface area contributed by atoms with E-state index in [1.807, 2.05) is 0 Å². The highest BCUT2D eigenvalue weighted by Crippen LogP contribution is 2.39. The smallest absolute Gasteiger partial charge is 0.329 e. The van der Waals surface area contributed by atoms with Crippen LogP contribution in [-0.4, -0.2) is 50.1 Å². The molecule has 146 valence electrons. The van der Waals surface area contributed by atoms with E-state index in [4.69, 9.17) is 4.74 Å². The molecule has 10 heteroatoms. The van der Waals surface area contributed by atoms with Crippen molar-refractivity contribution in [1.29, 1.82) is 0 Å². The molecule has 0 saturated carbocycles. The summed E-state index contributed by atoms with van der Waals surface area (Å²) in [7, 11) is -1.81. The number of nitrogens with zero attached hydrogens (tertiary/aromatic N) is 3. The standard InChI is InChI=1S/C18H17N3O6S/c1-27-15-4-2-3-14(9-15)20-17-11-28(25,26)10-16(17)19(18(20)22)12-5-7-13(8-6-12)21(23)24/h2-9,16-17H,10-11H2,1H3/t16-,17+/m0/s1. The van der Waals surface area contributed by atoms with Gasteiger partial charge in [-0.2, -0.15) is 0 Å². The van der Waals surface area contributed by atoms with E-state index >= 15 is 0 Å². The molecule has 2 aromatic carbocycles. The van der Waals surface area contributed by atoms with Crippen LogP contribution in [0.4, 0.5) is 21.9 Å². The van der Waals surface area contributed by atoms with Gasteiger partial charge in [-0.05, 0) is 24.3 Å². The zero-order valence-corrected chi connectivity index (χ0v) is 15.7. The molecule has 2 aliphatic rings. The Kier molecular flexibility index (Phi) is 4.22. The number of nitro groups is 1. The van der Waals surface area contributed by atoms with Gasteiger partial charge in [-0.15, -0.1) is 0 Å².